The summed E-state index contributed by atoms with van der Waals surface area (Å²) in [5, 5.41) is 0. The molecule has 0 aliphatic carbocycles. The molecule has 0 aromatic carbocycles. The third-order valence-electron chi connectivity index (χ3n) is 3.14. The normalized spacial score (nSPS) is 24.5. The first-order valence-electron chi connectivity index (χ1n) is 6.74. The molecule has 4 aliphatic rings. The molecule has 0 N–H and O–H groups in total. The van der Waals surface area contributed by atoms with Gasteiger partial charge in [0.25, 0.3) is 0 Å². The van der Waals surface area contributed by atoms with E-state index in [9.17, 15) is 0 Å². The molecule has 24 heavy (non-hydrogen) atoms. The maximum atomic E-state index is 2.41. The Morgan fingerprint density at radius 3 is 1.38 bits per heavy atom. The van der Waals surface area contributed by atoms with Gasteiger partial charge in [0.1, 0.15) is 0 Å². The fraction of sp³-hybridized carbons (Fsp3) is 0.286. The predicted molar refractivity (Wildman–Crippen MR) is 127 cm³/mol. The maximum absolute atomic E-state index is 2.41. The SMILES string of the molecule is C[Se]C1=C([Se]C)[Se]C(=C2SC3=C(SC(=C4SC(C)=C(C)S4)S3)S2)[Se]1. The van der Waals surface area contributed by atoms with E-state index in [1.54, 1.807) is 12.7 Å². The van der Waals surface area contributed by atoms with Crippen LogP contribution in [-0.2, 0) is 0 Å². The first kappa shape index (κ1) is 20.2. The minimum absolute atomic E-state index is 0.683. The van der Waals surface area contributed by atoms with Crippen LogP contribution in [-0.4, -0.2) is 59.8 Å². The molecule has 0 fully saturated rings. The van der Waals surface area contributed by atoms with Crippen LogP contribution in [0.1, 0.15) is 13.8 Å². The average Bonchev–Trinajstić information content (AvgIpc) is 3.29. The van der Waals surface area contributed by atoms with Gasteiger partial charge >= 0.3 is 197 Å². The fourth-order valence-corrected chi connectivity index (χ4v) is 29.3. The Bertz CT molecular complexity index is 720. The predicted octanol–water partition coefficient (Wildman–Crippen LogP) is 6.11. The van der Waals surface area contributed by atoms with Gasteiger partial charge in [-0.25, -0.2) is 0 Å². The zero-order valence-corrected chi connectivity index (χ0v) is 24.8. The molecule has 0 bridgehead atoms. The average molecular weight is 688 g/mol. The van der Waals surface area contributed by atoms with Gasteiger partial charge in [-0.05, 0) is 0 Å². The van der Waals surface area contributed by atoms with Gasteiger partial charge in [-0.2, -0.15) is 0 Å². The molecule has 4 aliphatic heterocycles. The Hall–Kier alpha value is 2.88. The number of thioether (sulfide) groups is 6. The Morgan fingerprint density at radius 1 is 0.583 bits per heavy atom. The van der Waals surface area contributed by atoms with E-state index in [4.69, 9.17) is 0 Å². The van der Waals surface area contributed by atoms with Crippen molar-refractivity contribution in [2.24, 2.45) is 0 Å². The Labute approximate surface area is 194 Å². The van der Waals surface area contributed by atoms with Gasteiger partial charge in [-0.3, -0.25) is 0 Å². The summed E-state index contributed by atoms with van der Waals surface area (Å²) in [5.74, 6) is 4.82. The molecule has 0 unspecified atom stereocenters. The fourth-order valence-electron chi connectivity index (χ4n) is 1.89. The van der Waals surface area contributed by atoms with Gasteiger partial charge < -0.3 is 0 Å². The van der Waals surface area contributed by atoms with Crippen LogP contribution in [0, 0.1) is 0 Å². The van der Waals surface area contributed by atoms with Gasteiger partial charge in [-0.15, -0.1) is 0 Å². The topological polar surface area (TPSA) is 0 Å². The Morgan fingerprint density at radius 2 is 0.958 bits per heavy atom. The third-order valence-corrected chi connectivity index (χ3v) is 28.7. The van der Waals surface area contributed by atoms with Gasteiger partial charge in [0.05, 0.1) is 0 Å². The van der Waals surface area contributed by atoms with Crippen LogP contribution in [0.5, 0.6) is 0 Å². The summed E-state index contributed by atoms with van der Waals surface area (Å²) in [6, 6.07) is 0. The molecule has 0 saturated carbocycles. The number of allylic oxidation sites excluding steroid dienone is 2. The first-order valence-corrected chi connectivity index (χ1v) is 20.2. The molecule has 10 heteroatoms. The van der Waals surface area contributed by atoms with Gasteiger partial charge in [-0.1, -0.05) is 0 Å². The summed E-state index contributed by atoms with van der Waals surface area (Å²) >= 11 is 15.0. The van der Waals surface area contributed by atoms with Crippen molar-refractivity contribution in [2.45, 2.75) is 25.5 Å². The van der Waals surface area contributed by atoms with Crippen LogP contribution in [0.25, 0.3) is 0 Å². The zero-order chi connectivity index (χ0) is 16.8. The molecule has 0 spiro atoms. The van der Waals surface area contributed by atoms with Crippen LogP contribution < -0.4 is 0 Å². The molecule has 0 aromatic rings. The summed E-state index contributed by atoms with van der Waals surface area (Å²) < 4.78 is 13.4. The van der Waals surface area contributed by atoms with Crippen molar-refractivity contribution >= 4 is 130 Å². The van der Waals surface area contributed by atoms with Crippen LogP contribution in [0.2, 0.25) is 11.6 Å². The monoisotopic (exact) mass is 692 g/mol. The van der Waals surface area contributed by atoms with E-state index in [2.05, 4.69) is 49.0 Å². The first-order chi connectivity index (χ1) is 11.6. The molecule has 128 valence electrons. The van der Waals surface area contributed by atoms with Crippen LogP contribution in [0.15, 0.2) is 41.1 Å². The van der Waals surface area contributed by atoms with Gasteiger partial charge in [0.2, 0.25) is 0 Å². The second-order valence-electron chi connectivity index (χ2n) is 4.64. The van der Waals surface area contributed by atoms with Crippen LogP contribution in [0.3, 0.4) is 0 Å². The van der Waals surface area contributed by atoms with Gasteiger partial charge in [0, 0.05) is 0 Å². The molecule has 0 atom stereocenters. The molecule has 0 radical (unpaired) electrons. The van der Waals surface area contributed by atoms with Crippen LogP contribution >= 0.6 is 70.6 Å². The van der Waals surface area contributed by atoms with E-state index in [1.165, 1.54) is 18.3 Å². The summed E-state index contributed by atoms with van der Waals surface area (Å²) in [5.41, 5.74) is 0. The molecule has 4 rings (SSSR count). The van der Waals surface area contributed by atoms with E-state index < -0.39 is 0 Å². The number of hydrogen-bond donors (Lipinski definition) is 0. The Kier molecular flexibility index (Phi) is 7.32. The molecule has 4 heterocycles. The van der Waals surface area contributed by atoms with Crippen molar-refractivity contribution in [2.75, 3.05) is 0 Å². The van der Waals surface area contributed by atoms with Crippen molar-refractivity contribution in [1.29, 1.82) is 0 Å². The quantitative estimate of drug-likeness (QED) is 0.319. The summed E-state index contributed by atoms with van der Waals surface area (Å²) in [6.45, 7) is 4.49. The molecular weight excluding hydrogens is 676 g/mol. The van der Waals surface area contributed by atoms with Crippen LogP contribution in [0.4, 0.5) is 0 Å². The minimum atomic E-state index is 0.683. The van der Waals surface area contributed by atoms with Crippen molar-refractivity contribution in [3.05, 3.63) is 41.1 Å². The summed E-state index contributed by atoms with van der Waals surface area (Å²) in [7, 11) is 0. The number of hydrogen-bond acceptors (Lipinski definition) is 6. The molecule has 0 amide bonds. The second-order valence-corrected chi connectivity index (χ2v) is 24.1. The summed E-state index contributed by atoms with van der Waals surface area (Å²) in [6.07, 6.45) is 0. The standard InChI is InChI=1S/C14H12S6Se4/c1-5-6(2)16-7(15-5)8-17-9-10(18-8)20-11(19-9)12-23-13(21-3)14(22-4)24-12/h1-4H3. The second kappa shape index (κ2) is 8.71. The van der Waals surface area contributed by atoms with Crippen molar-refractivity contribution in [1.82, 2.24) is 0 Å². The van der Waals surface area contributed by atoms with Crippen molar-refractivity contribution < 1.29 is 0 Å². The molecule has 0 aromatic heterocycles. The van der Waals surface area contributed by atoms with E-state index >= 15 is 0 Å². The van der Waals surface area contributed by atoms with Crippen molar-refractivity contribution in [3.63, 3.8) is 0 Å². The van der Waals surface area contributed by atoms with E-state index in [-0.39, 0.29) is 0 Å². The summed E-state index contributed by atoms with van der Waals surface area (Å²) in [4.78, 5) is 2.95. The third kappa shape index (κ3) is 4.09. The molecular formula is C14H12S6Se4. The number of rotatable bonds is 2. The molecule has 0 saturated heterocycles. The van der Waals surface area contributed by atoms with E-state index in [0.29, 0.717) is 29.9 Å². The van der Waals surface area contributed by atoms with E-state index in [1.807, 2.05) is 57.2 Å². The van der Waals surface area contributed by atoms with Gasteiger partial charge in [0.15, 0.2) is 0 Å². The van der Waals surface area contributed by atoms with E-state index in [0.717, 1.165) is 29.9 Å². The zero-order valence-electron chi connectivity index (χ0n) is 13.1. The molecule has 0 nitrogen and oxygen atoms in total. The Balaban J connectivity index is 1.45. The van der Waals surface area contributed by atoms with Crippen molar-refractivity contribution in [3.8, 4) is 0 Å².